The molecule has 0 spiro atoms. The summed E-state index contributed by atoms with van der Waals surface area (Å²) in [7, 11) is 0. The molecule has 0 aromatic heterocycles. The van der Waals surface area contributed by atoms with Gasteiger partial charge in [-0.3, -0.25) is 0 Å². The lowest BCUT2D eigenvalue weighted by Gasteiger charge is -2.25. The molecule has 1 saturated heterocycles. The molecular weight excluding hydrogens is 220 g/mol. The zero-order valence-corrected chi connectivity index (χ0v) is 12.3. The number of nitrogens with zero attached hydrogens (tertiary/aromatic N) is 1. The van der Waals surface area contributed by atoms with Crippen molar-refractivity contribution >= 4 is 0 Å². The molecule has 0 aromatic carbocycles. The molecule has 1 atom stereocenters. The van der Waals surface area contributed by atoms with E-state index < -0.39 is 0 Å². The van der Waals surface area contributed by atoms with E-state index in [9.17, 15) is 0 Å². The van der Waals surface area contributed by atoms with Crippen LogP contribution in [0.15, 0.2) is 0 Å². The van der Waals surface area contributed by atoms with E-state index in [1.165, 1.54) is 84.0 Å². The number of hydrogen-bond acceptors (Lipinski definition) is 2. The molecule has 2 aliphatic rings. The number of hydrogen-bond donors (Lipinski definition) is 1. The summed E-state index contributed by atoms with van der Waals surface area (Å²) in [5.41, 5.74) is 0. The number of nitrogens with one attached hydrogen (secondary N) is 1. The first-order valence-electron chi connectivity index (χ1n) is 8.34. The highest BCUT2D eigenvalue weighted by molar-refractivity contribution is 4.77. The Bertz CT molecular complexity index is 211. The van der Waals surface area contributed by atoms with Crippen molar-refractivity contribution in [1.29, 1.82) is 0 Å². The molecule has 0 aromatic rings. The Hall–Kier alpha value is -0.0800. The predicted octanol–water partition coefficient (Wildman–Crippen LogP) is 3.42. The van der Waals surface area contributed by atoms with Crippen molar-refractivity contribution in [3.8, 4) is 0 Å². The maximum Gasteiger partial charge on any atom is 0.00798 e. The van der Waals surface area contributed by atoms with Gasteiger partial charge >= 0.3 is 0 Å². The largest absolute Gasteiger partial charge is 0.314 e. The molecule has 2 fully saturated rings. The van der Waals surface area contributed by atoms with Crippen LogP contribution in [0.4, 0.5) is 0 Å². The van der Waals surface area contributed by atoms with Gasteiger partial charge in [0.25, 0.3) is 0 Å². The highest BCUT2D eigenvalue weighted by Crippen LogP contribution is 2.23. The smallest absolute Gasteiger partial charge is 0.00798 e. The predicted molar refractivity (Wildman–Crippen MR) is 78.9 cm³/mol. The van der Waals surface area contributed by atoms with Gasteiger partial charge in [-0.25, -0.2) is 0 Å². The fourth-order valence-corrected chi connectivity index (χ4v) is 3.62. The fraction of sp³-hybridized carbons (Fsp3) is 1.00. The second-order valence-electron chi connectivity index (χ2n) is 6.38. The van der Waals surface area contributed by atoms with Gasteiger partial charge < -0.3 is 10.2 Å². The highest BCUT2D eigenvalue weighted by Gasteiger charge is 2.18. The van der Waals surface area contributed by atoms with E-state index in [1.807, 2.05) is 0 Å². The summed E-state index contributed by atoms with van der Waals surface area (Å²) in [5, 5.41) is 3.87. The van der Waals surface area contributed by atoms with Crippen molar-refractivity contribution in [2.24, 2.45) is 5.92 Å². The van der Waals surface area contributed by atoms with Gasteiger partial charge in [0.05, 0.1) is 0 Å². The van der Waals surface area contributed by atoms with Crippen LogP contribution in [0.2, 0.25) is 0 Å². The van der Waals surface area contributed by atoms with Gasteiger partial charge in [0.15, 0.2) is 0 Å². The van der Waals surface area contributed by atoms with Gasteiger partial charge in [-0.15, -0.1) is 0 Å². The third-order valence-corrected chi connectivity index (χ3v) is 4.78. The van der Waals surface area contributed by atoms with Crippen molar-refractivity contribution in [2.75, 3.05) is 26.2 Å². The maximum atomic E-state index is 3.87. The van der Waals surface area contributed by atoms with E-state index in [-0.39, 0.29) is 0 Å². The van der Waals surface area contributed by atoms with Crippen LogP contribution in [-0.2, 0) is 0 Å². The third kappa shape index (κ3) is 4.89. The van der Waals surface area contributed by atoms with E-state index in [2.05, 4.69) is 17.1 Å². The van der Waals surface area contributed by atoms with Crippen LogP contribution < -0.4 is 5.32 Å². The quantitative estimate of drug-likeness (QED) is 0.806. The van der Waals surface area contributed by atoms with Crippen LogP contribution in [0.5, 0.6) is 0 Å². The minimum Gasteiger partial charge on any atom is -0.314 e. The van der Waals surface area contributed by atoms with Crippen molar-refractivity contribution in [3.05, 3.63) is 0 Å². The lowest BCUT2D eigenvalue weighted by Crippen LogP contribution is -2.35. The molecule has 1 saturated carbocycles. The van der Waals surface area contributed by atoms with Gasteiger partial charge in [-0.1, -0.05) is 26.2 Å². The number of rotatable bonds is 5. The Balaban J connectivity index is 1.63. The van der Waals surface area contributed by atoms with E-state index >= 15 is 0 Å². The highest BCUT2D eigenvalue weighted by atomic mass is 15.1. The maximum absolute atomic E-state index is 3.87. The first kappa shape index (κ1) is 14.3. The molecule has 1 aliphatic heterocycles. The van der Waals surface area contributed by atoms with Gasteiger partial charge in [-0.2, -0.15) is 0 Å². The van der Waals surface area contributed by atoms with E-state index in [0.29, 0.717) is 0 Å². The summed E-state index contributed by atoms with van der Waals surface area (Å²) in [6.07, 6.45) is 12.8. The average Bonchev–Trinajstić information content (AvgIpc) is 2.64. The normalized spacial score (nSPS) is 28.2. The Morgan fingerprint density at radius 2 is 1.78 bits per heavy atom. The molecule has 1 unspecified atom stereocenters. The second-order valence-corrected chi connectivity index (χ2v) is 6.38. The summed E-state index contributed by atoms with van der Waals surface area (Å²) in [5.74, 6) is 0.980. The van der Waals surface area contributed by atoms with Gasteiger partial charge in [-0.05, 0) is 70.6 Å². The van der Waals surface area contributed by atoms with Gasteiger partial charge in [0, 0.05) is 6.04 Å². The van der Waals surface area contributed by atoms with Crippen LogP contribution in [0, 0.1) is 5.92 Å². The average molecular weight is 252 g/mol. The van der Waals surface area contributed by atoms with Gasteiger partial charge in [0.2, 0.25) is 0 Å². The molecule has 18 heavy (non-hydrogen) atoms. The van der Waals surface area contributed by atoms with E-state index in [0.717, 1.165) is 12.0 Å². The standard InChI is InChI=1S/C16H32N2/c1-2-11-18-12-6-9-16(10-13-18)17-14-15-7-4-3-5-8-15/h15-17H,2-14H2,1H3. The summed E-state index contributed by atoms with van der Waals surface area (Å²) in [4.78, 5) is 2.66. The Morgan fingerprint density at radius 3 is 2.56 bits per heavy atom. The summed E-state index contributed by atoms with van der Waals surface area (Å²) < 4.78 is 0. The molecule has 0 radical (unpaired) electrons. The molecule has 1 aliphatic carbocycles. The molecule has 1 N–H and O–H groups in total. The number of likely N-dealkylation sites (tertiary alicyclic amines) is 1. The molecule has 0 bridgehead atoms. The molecular formula is C16H32N2. The zero-order valence-electron chi connectivity index (χ0n) is 12.3. The Morgan fingerprint density at radius 1 is 0.944 bits per heavy atom. The van der Waals surface area contributed by atoms with Crippen LogP contribution in [0.3, 0.4) is 0 Å². The fourth-order valence-electron chi connectivity index (χ4n) is 3.62. The molecule has 1 heterocycles. The van der Waals surface area contributed by atoms with Crippen LogP contribution >= 0.6 is 0 Å². The van der Waals surface area contributed by atoms with Crippen molar-refractivity contribution in [3.63, 3.8) is 0 Å². The van der Waals surface area contributed by atoms with Crippen LogP contribution in [0.25, 0.3) is 0 Å². The third-order valence-electron chi connectivity index (χ3n) is 4.78. The lowest BCUT2D eigenvalue weighted by atomic mass is 9.89. The van der Waals surface area contributed by atoms with Gasteiger partial charge in [0.1, 0.15) is 0 Å². The topological polar surface area (TPSA) is 15.3 Å². The molecule has 2 rings (SSSR count). The summed E-state index contributed by atoms with van der Waals surface area (Å²) >= 11 is 0. The monoisotopic (exact) mass is 252 g/mol. The minimum absolute atomic E-state index is 0.800. The molecule has 2 heteroatoms. The van der Waals surface area contributed by atoms with Crippen molar-refractivity contribution in [1.82, 2.24) is 10.2 Å². The van der Waals surface area contributed by atoms with Crippen LogP contribution in [0.1, 0.15) is 64.7 Å². The zero-order chi connectivity index (χ0) is 12.6. The molecule has 2 nitrogen and oxygen atoms in total. The molecule has 0 amide bonds. The summed E-state index contributed by atoms with van der Waals surface area (Å²) in [6.45, 7) is 7.53. The van der Waals surface area contributed by atoms with E-state index in [1.54, 1.807) is 0 Å². The summed E-state index contributed by atoms with van der Waals surface area (Å²) in [6, 6.07) is 0.800. The SMILES string of the molecule is CCCN1CCCC(NCC2CCCCC2)CC1. The van der Waals surface area contributed by atoms with E-state index in [4.69, 9.17) is 0 Å². The van der Waals surface area contributed by atoms with Crippen molar-refractivity contribution < 1.29 is 0 Å². The molecule has 106 valence electrons. The first-order chi connectivity index (χ1) is 8.88. The van der Waals surface area contributed by atoms with Crippen molar-refractivity contribution in [2.45, 2.75) is 70.8 Å². The Labute approximate surface area is 114 Å². The Kier molecular flexibility index (Phi) is 6.50. The second kappa shape index (κ2) is 8.16. The minimum atomic E-state index is 0.800. The lowest BCUT2D eigenvalue weighted by molar-refractivity contribution is 0.279. The van der Waals surface area contributed by atoms with Crippen LogP contribution in [-0.4, -0.2) is 37.1 Å². The first-order valence-corrected chi connectivity index (χ1v) is 8.34.